The highest BCUT2D eigenvalue weighted by molar-refractivity contribution is 6.41. The molecule has 0 radical (unpaired) electrons. The third kappa shape index (κ3) is 3.48. The molecule has 0 aliphatic rings. The van der Waals surface area contributed by atoms with Gasteiger partial charge >= 0.3 is 5.97 Å². The fourth-order valence-electron chi connectivity index (χ4n) is 0.387. The first kappa shape index (κ1) is 9.46. The van der Waals surface area contributed by atoms with E-state index in [2.05, 4.69) is 4.74 Å². The number of halogens is 1. The van der Waals surface area contributed by atoms with E-state index in [1.165, 1.54) is 6.08 Å². The smallest absolute Gasteiger partial charge is 0.349 e. The van der Waals surface area contributed by atoms with E-state index in [1.54, 1.807) is 6.92 Å². The lowest BCUT2D eigenvalue weighted by atomic mass is 10.5. The summed E-state index contributed by atoms with van der Waals surface area (Å²) in [6.07, 6.45) is 1.40. The van der Waals surface area contributed by atoms with Crippen LogP contribution in [0.5, 0.6) is 0 Å². The van der Waals surface area contributed by atoms with Crippen molar-refractivity contribution in [2.75, 3.05) is 13.2 Å². The zero-order valence-corrected chi connectivity index (χ0v) is 6.52. The van der Waals surface area contributed by atoms with Gasteiger partial charge in [0.2, 0.25) is 0 Å². The predicted octanol–water partition coefficient (Wildman–Crippen LogP) is 0.631. The number of esters is 1. The van der Waals surface area contributed by atoms with E-state index in [-0.39, 0.29) is 11.6 Å². The monoisotopic (exact) mass is 163 g/mol. The van der Waals surface area contributed by atoms with E-state index in [0.29, 0.717) is 6.61 Å². The molecule has 0 saturated carbocycles. The lowest BCUT2D eigenvalue weighted by molar-refractivity contribution is -0.137. The van der Waals surface area contributed by atoms with Gasteiger partial charge in [0.1, 0.15) is 5.03 Å². The van der Waals surface area contributed by atoms with E-state index in [1.807, 2.05) is 0 Å². The Labute approximate surface area is 64.8 Å². The van der Waals surface area contributed by atoms with Crippen molar-refractivity contribution in [3.05, 3.63) is 11.1 Å². The summed E-state index contributed by atoms with van der Waals surface area (Å²) in [7, 11) is 0. The standard InChI is InChI=1S/C6H10ClNO2/c1-2-10-6(9)5(7)3-4-8/h3H,2,4,8H2,1H3/b5-3-. The van der Waals surface area contributed by atoms with Crippen molar-refractivity contribution in [1.29, 1.82) is 0 Å². The predicted molar refractivity (Wildman–Crippen MR) is 39.6 cm³/mol. The number of rotatable bonds is 3. The van der Waals surface area contributed by atoms with Crippen LogP contribution in [0.2, 0.25) is 0 Å². The van der Waals surface area contributed by atoms with Crippen LogP contribution < -0.4 is 5.73 Å². The van der Waals surface area contributed by atoms with Crippen LogP contribution in [0.25, 0.3) is 0 Å². The summed E-state index contributed by atoms with van der Waals surface area (Å²) in [5, 5.41) is 0.0457. The van der Waals surface area contributed by atoms with Gasteiger partial charge in [0.15, 0.2) is 0 Å². The van der Waals surface area contributed by atoms with Crippen LogP contribution in [0.4, 0.5) is 0 Å². The maximum atomic E-state index is 10.7. The number of nitrogens with two attached hydrogens (primary N) is 1. The number of carbonyl (C=O) groups excluding carboxylic acids is 1. The molecule has 0 aromatic heterocycles. The SMILES string of the molecule is CCOC(=O)/C(Cl)=C/CN. The fourth-order valence-corrected chi connectivity index (χ4v) is 0.530. The van der Waals surface area contributed by atoms with Crippen molar-refractivity contribution in [3.63, 3.8) is 0 Å². The van der Waals surface area contributed by atoms with E-state index < -0.39 is 5.97 Å². The number of hydrogen-bond donors (Lipinski definition) is 1. The lowest BCUT2D eigenvalue weighted by Gasteiger charge is -1.97. The number of carbonyl (C=O) groups is 1. The molecule has 0 aliphatic carbocycles. The maximum Gasteiger partial charge on any atom is 0.349 e. The lowest BCUT2D eigenvalue weighted by Crippen LogP contribution is -2.05. The van der Waals surface area contributed by atoms with E-state index >= 15 is 0 Å². The molecule has 2 N–H and O–H groups in total. The highest BCUT2D eigenvalue weighted by Gasteiger charge is 2.04. The minimum atomic E-state index is -0.519. The maximum absolute atomic E-state index is 10.7. The topological polar surface area (TPSA) is 52.3 Å². The molecular formula is C6H10ClNO2. The van der Waals surface area contributed by atoms with Gasteiger partial charge < -0.3 is 10.5 Å². The van der Waals surface area contributed by atoms with Crippen molar-refractivity contribution in [3.8, 4) is 0 Å². The van der Waals surface area contributed by atoms with Crippen LogP contribution in [0, 0.1) is 0 Å². The molecule has 0 aromatic carbocycles. The third-order valence-electron chi connectivity index (χ3n) is 0.767. The summed E-state index contributed by atoms with van der Waals surface area (Å²) in [6.45, 7) is 2.29. The molecule has 3 nitrogen and oxygen atoms in total. The van der Waals surface area contributed by atoms with Crippen LogP contribution in [0.1, 0.15) is 6.92 Å². The second-order valence-electron chi connectivity index (χ2n) is 1.51. The third-order valence-corrected chi connectivity index (χ3v) is 1.08. The first-order valence-corrected chi connectivity index (χ1v) is 3.33. The van der Waals surface area contributed by atoms with Crippen molar-refractivity contribution in [2.24, 2.45) is 5.73 Å². The second-order valence-corrected chi connectivity index (χ2v) is 1.92. The van der Waals surface area contributed by atoms with Gasteiger partial charge in [-0.05, 0) is 13.0 Å². The minimum Gasteiger partial charge on any atom is -0.462 e. The Balaban J connectivity index is 3.82. The summed E-state index contributed by atoms with van der Waals surface area (Å²) in [5.74, 6) is -0.519. The van der Waals surface area contributed by atoms with Crippen LogP contribution in [-0.2, 0) is 9.53 Å². The van der Waals surface area contributed by atoms with Crippen LogP contribution in [0.3, 0.4) is 0 Å². The molecule has 0 unspecified atom stereocenters. The molecule has 0 atom stereocenters. The van der Waals surface area contributed by atoms with Crippen molar-refractivity contribution >= 4 is 17.6 Å². The van der Waals surface area contributed by atoms with Gasteiger partial charge in [-0.2, -0.15) is 0 Å². The van der Waals surface area contributed by atoms with E-state index in [0.717, 1.165) is 0 Å². The van der Waals surface area contributed by atoms with Gasteiger partial charge in [0, 0.05) is 6.54 Å². The fraction of sp³-hybridized carbons (Fsp3) is 0.500. The average molecular weight is 164 g/mol. The minimum absolute atomic E-state index is 0.0457. The average Bonchev–Trinajstić information content (AvgIpc) is 1.89. The molecule has 0 aliphatic heterocycles. The Hall–Kier alpha value is -0.540. The van der Waals surface area contributed by atoms with Gasteiger partial charge in [-0.15, -0.1) is 0 Å². The Kier molecular flexibility index (Phi) is 4.98. The molecule has 10 heavy (non-hydrogen) atoms. The molecule has 0 heterocycles. The molecule has 4 heteroatoms. The summed E-state index contributed by atoms with van der Waals surface area (Å²) >= 11 is 5.42. The highest BCUT2D eigenvalue weighted by Crippen LogP contribution is 2.02. The summed E-state index contributed by atoms with van der Waals surface area (Å²) in [5.41, 5.74) is 5.09. The van der Waals surface area contributed by atoms with Crippen LogP contribution in [-0.4, -0.2) is 19.1 Å². The van der Waals surface area contributed by atoms with Gasteiger partial charge in [0.25, 0.3) is 0 Å². The van der Waals surface area contributed by atoms with Crippen molar-refractivity contribution in [2.45, 2.75) is 6.92 Å². The number of ether oxygens (including phenoxy) is 1. The molecule has 0 fully saturated rings. The first-order chi connectivity index (χ1) is 4.72. The van der Waals surface area contributed by atoms with E-state index in [9.17, 15) is 4.79 Å². The molecule has 58 valence electrons. The number of hydrogen-bond acceptors (Lipinski definition) is 3. The Morgan fingerprint density at radius 2 is 2.40 bits per heavy atom. The van der Waals surface area contributed by atoms with Crippen LogP contribution >= 0.6 is 11.6 Å². The van der Waals surface area contributed by atoms with Gasteiger partial charge in [-0.3, -0.25) is 0 Å². The molecule has 0 amide bonds. The van der Waals surface area contributed by atoms with Crippen LogP contribution in [0.15, 0.2) is 11.1 Å². The molecule has 0 saturated heterocycles. The summed E-state index contributed by atoms with van der Waals surface area (Å²) < 4.78 is 4.56. The largest absolute Gasteiger partial charge is 0.462 e. The zero-order valence-electron chi connectivity index (χ0n) is 5.76. The molecular weight excluding hydrogens is 154 g/mol. The van der Waals surface area contributed by atoms with E-state index in [4.69, 9.17) is 17.3 Å². The second kappa shape index (κ2) is 5.26. The zero-order chi connectivity index (χ0) is 7.98. The summed E-state index contributed by atoms with van der Waals surface area (Å²) in [6, 6.07) is 0. The van der Waals surface area contributed by atoms with Gasteiger partial charge in [-0.25, -0.2) is 4.79 Å². The van der Waals surface area contributed by atoms with Crippen molar-refractivity contribution < 1.29 is 9.53 Å². The highest BCUT2D eigenvalue weighted by atomic mass is 35.5. The van der Waals surface area contributed by atoms with Crippen molar-refractivity contribution in [1.82, 2.24) is 0 Å². The van der Waals surface area contributed by atoms with Gasteiger partial charge in [-0.1, -0.05) is 11.6 Å². The molecule has 0 rings (SSSR count). The quantitative estimate of drug-likeness (QED) is 0.491. The van der Waals surface area contributed by atoms with Gasteiger partial charge in [0.05, 0.1) is 6.61 Å². The molecule has 0 aromatic rings. The molecule has 0 bridgehead atoms. The Bertz CT molecular complexity index is 145. The first-order valence-electron chi connectivity index (χ1n) is 2.95. The Morgan fingerprint density at radius 1 is 1.80 bits per heavy atom. The Morgan fingerprint density at radius 3 is 2.80 bits per heavy atom. The summed E-state index contributed by atoms with van der Waals surface area (Å²) in [4.78, 5) is 10.7. The normalized spacial score (nSPS) is 11.3. The molecule has 0 spiro atoms.